The Kier molecular flexibility index (Phi) is 8.20. The first-order valence-electron chi connectivity index (χ1n) is 12.7. The van der Waals surface area contributed by atoms with Crippen LogP contribution in [-0.4, -0.2) is 42.1 Å². The number of carbonyl (C=O) groups is 2. The Bertz CT molecular complexity index is 1220. The molecule has 3 N–H and O–H groups in total. The van der Waals surface area contributed by atoms with Crippen LogP contribution in [0.15, 0.2) is 72.8 Å². The minimum absolute atomic E-state index is 0. The first-order chi connectivity index (χ1) is 17.5. The summed E-state index contributed by atoms with van der Waals surface area (Å²) in [4.78, 5) is 28.0. The molecule has 0 bridgehead atoms. The molecular formula is C30H34ClN3O3. The van der Waals surface area contributed by atoms with Gasteiger partial charge in [0, 0.05) is 25.6 Å². The van der Waals surface area contributed by atoms with Crippen LogP contribution < -0.4 is 11.1 Å². The van der Waals surface area contributed by atoms with Gasteiger partial charge >= 0.3 is 6.09 Å². The molecule has 3 aromatic rings. The molecule has 1 fully saturated rings. The lowest BCUT2D eigenvalue weighted by atomic mass is 9.97. The maximum absolute atomic E-state index is 13.2. The van der Waals surface area contributed by atoms with Crippen molar-refractivity contribution in [2.24, 2.45) is 5.73 Å². The lowest BCUT2D eigenvalue weighted by molar-refractivity contribution is -0.130. The second kappa shape index (κ2) is 11.4. The standard InChI is InChI=1S/C30H33N3O3.ClH/c1-30(28(34)32-17-15-21-11-13-22(19-31)14-12-21)16-6-18-33(30)29(35)36-20-27-25-9-4-2-7-23(25)24-8-3-5-10-26(24)27;/h2-5,7-14,27H,6,15-20,31H2,1H3,(H,32,34);1H. The van der Waals surface area contributed by atoms with Gasteiger partial charge in [-0.2, -0.15) is 0 Å². The average Bonchev–Trinajstić information content (AvgIpc) is 3.46. The van der Waals surface area contributed by atoms with Gasteiger partial charge in [-0.25, -0.2) is 4.79 Å². The molecule has 6 nitrogen and oxygen atoms in total. The number of benzene rings is 3. The fourth-order valence-corrected chi connectivity index (χ4v) is 5.52. The first kappa shape index (κ1) is 26.7. The second-order valence-electron chi connectivity index (χ2n) is 9.86. The lowest BCUT2D eigenvalue weighted by Crippen LogP contribution is -2.55. The topological polar surface area (TPSA) is 84.7 Å². The molecular weight excluding hydrogens is 486 g/mol. The third-order valence-electron chi connectivity index (χ3n) is 7.64. The van der Waals surface area contributed by atoms with Crippen molar-refractivity contribution in [3.63, 3.8) is 0 Å². The van der Waals surface area contributed by atoms with E-state index in [4.69, 9.17) is 10.5 Å². The van der Waals surface area contributed by atoms with Crippen molar-refractivity contribution in [1.29, 1.82) is 0 Å². The molecule has 7 heteroatoms. The van der Waals surface area contributed by atoms with E-state index in [1.165, 1.54) is 22.3 Å². The normalized spacial score (nSPS) is 18.1. The van der Waals surface area contributed by atoms with Gasteiger partial charge in [-0.15, -0.1) is 12.4 Å². The highest BCUT2D eigenvalue weighted by Gasteiger charge is 2.46. The molecule has 1 saturated heterocycles. The summed E-state index contributed by atoms with van der Waals surface area (Å²) in [6, 6.07) is 24.6. The molecule has 1 unspecified atom stereocenters. The Hall–Kier alpha value is -3.35. The van der Waals surface area contributed by atoms with E-state index in [-0.39, 0.29) is 30.8 Å². The molecule has 0 aromatic heterocycles. The third-order valence-corrected chi connectivity index (χ3v) is 7.64. The van der Waals surface area contributed by atoms with Crippen LogP contribution in [0.3, 0.4) is 0 Å². The number of rotatable bonds is 7. The van der Waals surface area contributed by atoms with Crippen molar-refractivity contribution in [3.05, 3.63) is 95.1 Å². The predicted molar refractivity (Wildman–Crippen MR) is 148 cm³/mol. The highest BCUT2D eigenvalue weighted by Crippen LogP contribution is 2.44. The van der Waals surface area contributed by atoms with Crippen LogP contribution in [0.25, 0.3) is 11.1 Å². The summed E-state index contributed by atoms with van der Waals surface area (Å²) in [7, 11) is 0. The van der Waals surface area contributed by atoms with E-state index in [0.717, 1.165) is 24.0 Å². The molecule has 5 rings (SSSR count). The van der Waals surface area contributed by atoms with Crippen LogP contribution in [0, 0.1) is 0 Å². The number of nitrogens with zero attached hydrogens (tertiary/aromatic N) is 1. The maximum Gasteiger partial charge on any atom is 0.410 e. The molecule has 1 heterocycles. The summed E-state index contributed by atoms with van der Waals surface area (Å²) < 4.78 is 5.86. The second-order valence-corrected chi connectivity index (χ2v) is 9.86. The Morgan fingerprint density at radius 3 is 2.19 bits per heavy atom. The predicted octanol–water partition coefficient (Wildman–Crippen LogP) is 5.03. The number of likely N-dealkylation sites (tertiary alicyclic amines) is 1. The Labute approximate surface area is 224 Å². The number of ether oxygens (including phenoxy) is 1. The van der Waals surface area contributed by atoms with Crippen molar-refractivity contribution in [2.75, 3.05) is 19.7 Å². The zero-order valence-electron chi connectivity index (χ0n) is 21.1. The van der Waals surface area contributed by atoms with Gasteiger partial charge in [0.1, 0.15) is 12.1 Å². The molecule has 194 valence electrons. The van der Waals surface area contributed by atoms with Crippen molar-refractivity contribution in [3.8, 4) is 11.1 Å². The van der Waals surface area contributed by atoms with Crippen molar-refractivity contribution >= 4 is 24.4 Å². The summed E-state index contributed by atoms with van der Waals surface area (Å²) in [5.41, 5.74) is 11.7. The lowest BCUT2D eigenvalue weighted by Gasteiger charge is -2.33. The van der Waals surface area contributed by atoms with Gasteiger partial charge in [0.25, 0.3) is 0 Å². The van der Waals surface area contributed by atoms with Gasteiger partial charge in [-0.1, -0.05) is 72.8 Å². The van der Waals surface area contributed by atoms with Crippen LogP contribution >= 0.6 is 12.4 Å². The molecule has 0 saturated carbocycles. The van der Waals surface area contributed by atoms with Crippen LogP contribution in [0.2, 0.25) is 0 Å². The van der Waals surface area contributed by atoms with E-state index in [9.17, 15) is 9.59 Å². The van der Waals surface area contributed by atoms with Gasteiger partial charge in [-0.05, 0) is 59.6 Å². The highest BCUT2D eigenvalue weighted by atomic mass is 35.5. The van der Waals surface area contributed by atoms with Crippen LogP contribution in [0.1, 0.15) is 47.9 Å². The van der Waals surface area contributed by atoms with Crippen molar-refractivity contribution in [2.45, 2.75) is 44.2 Å². The zero-order chi connectivity index (χ0) is 25.1. The number of hydrogen-bond donors (Lipinski definition) is 2. The van der Waals surface area contributed by atoms with E-state index >= 15 is 0 Å². The third kappa shape index (κ3) is 5.22. The molecule has 0 spiro atoms. The molecule has 1 aliphatic carbocycles. The number of fused-ring (bicyclic) bond motifs is 3. The van der Waals surface area contributed by atoms with Crippen LogP contribution in [0.4, 0.5) is 4.79 Å². The average molecular weight is 520 g/mol. The Morgan fingerprint density at radius 1 is 0.973 bits per heavy atom. The van der Waals surface area contributed by atoms with Crippen molar-refractivity contribution in [1.82, 2.24) is 10.2 Å². The maximum atomic E-state index is 13.2. The molecule has 1 aliphatic heterocycles. The number of halogens is 1. The van der Waals surface area contributed by atoms with E-state index in [1.54, 1.807) is 4.90 Å². The van der Waals surface area contributed by atoms with Crippen LogP contribution in [-0.2, 0) is 22.5 Å². The summed E-state index contributed by atoms with van der Waals surface area (Å²) >= 11 is 0. The van der Waals surface area contributed by atoms with Gasteiger partial charge in [0.05, 0.1) is 0 Å². The fraction of sp³-hybridized carbons (Fsp3) is 0.333. The number of nitrogens with two attached hydrogens (primary N) is 1. The van der Waals surface area contributed by atoms with Crippen LogP contribution in [0.5, 0.6) is 0 Å². The summed E-state index contributed by atoms with van der Waals surface area (Å²) in [6.07, 6.45) is 1.69. The van der Waals surface area contributed by atoms with E-state index in [0.29, 0.717) is 26.1 Å². The molecule has 1 atom stereocenters. The van der Waals surface area contributed by atoms with E-state index in [2.05, 4.69) is 29.6 Å². The fourth-order valence-electron chi connectivity index (χ4n) is 5.52. The molecule has 0 radical (unpaired) electrons. The van der Waals surface area contributed by atoms with Gasteiger partial charge in [0.15, 0.2) is 0 Å². The summed E-state index contributed by atoms with van der Waals surface area (Å²) in [6.45, 7) is 3.63. The number of nitrogens with one attached hydrogen (secondary N) is 1. The number of amides is 2. The minimum atomic E-state index is -0.911. The Morgan fingerprint density at radius 2 is 1.57 bits per heavy atom. The van der Waals surface area contributed by atoms with E-state index < -0.39 is 11.6 Å². The van der Waals surface area contributed by atoms with Gasteiger partial charge in [-0.3, -0.25) is 9.69 Å². The molecule has 37 heavy (non-hydrogen) atoms. The summed E-state index contributed by atoms with van der Waals surface area (Å²) in [5, 5.41) is 3.04. The zero-order valence-corrected chi connectivity index (χ0v) is 21.9. The monoisotopic (exact) mass is 519 g/mol. The highest BCUT2D eigenvalue weighted by molar-refractivity contribution is 5.90. The SMILES string of the molecule is CC1(C(=O)NCCc2ccc(CN)cc2)CCCN1C(=O)OCC1c2ccccc2-c2ccccc21.Cl. The summed E-state index contributed by atoms with van der Waals surface area (Å²) in [5.74, 6) is -0.137. The molecule has 2 aliphatic rings. The molecule has 3 aromatic carbocycles. The smallest absolute Gasteiger partial charge is 0.410 e. The number of hydrogen-bond acceptors (Lipinski definition) is 4. The Balaban J connectivity index is 0.00000320. The quantitative estimate of drug-likeness (QED) is 0.458. The van der Waals surface area contributed by atoms with Gasteiger partial charge < -0.3 is 15.8 Å². The first-order valence-corrected chi connectivity index (χ1v) is 12.7. The number of carbonyl (C=O) groups excluding carboxylic acids is 2. The largest absolute Gasteiger partial charge is 0.448 e. The minimum Gasteiger partial charge on any atom is -0.448 e. The molecule has 2 amide bonds. The van der Waals surface area contributed by atoms with Gasteiger partial charge in [0.2, 0.25) is 5.91 Å². The van der Waals surface area contributed by atoms with Crippen molar-refractivity contribution < 1.29 is 14.3 Å². The van der Waals surface area contributed by atoms with E-state index in [1.807, 2.05) is 55.5 Å².